The molecule has 0 aromatic heterocycles. The molecule has 88 valence electrons. The van der Waals surface area contributed by atoms with Crippen LogP contribution in [-0.4, -0.2) is 41.3 Å². The maximum atomic E-state index is 11.1. The van der Waals surface area contributed by atoms with E-state index in [9.17, 15) is 16.8 Å². The number of hydrogen-bond donors (Lipinski definition) is 1. The van der Waals surface area contributed by atoms with Gasteiger partial charge in [0.15, 0.2) is 14.9 Å². The van der Waals surface area contributed by atoms with Gasteiger partial charge in [0.2, 0.25) is 10.0 Å². The molecule has 0 fully saturated rings. The molecule has 0 atom stereocenters. The first-order chi connectivity index (χ1) is 6.77. The van der Waals surface area contributed by atoms with Crippen LogP contribution in [0.25, 0.3) is 10.4 Å². The zero-order valence-electron chi connectivity index (χ0n) is 8.12. The number of nitrogens with one attached hydrogen (secondary N) is 1. The molecule has 0 amide bonds. The Bertz CT molecular complexity index is 434. The molecular formula is C5H12N4O4S2. The minimum Gasteiger partial charge on any atom is -0.228 e. The van der Waals surface area contributed by atoms with E-state index in [0.717, 1.165) is 6.26 Å². The number of hydrogen-bond acceptors (Lipinski definition) is 5. The van der Waals surface area contributed by atoms with Gasteiger partial charge >= 0.3 is 0 Å². The van der Waals surface area contributed by atoms with Crippen LogP contribution in [0.2, 0.25) is 0 Å². The summed E-state index contributed by atoms with van der Waals surface area (Å²) in [6.07, 6.45) is 1.17. The highest BCUT2D eigenvalue weighted by molar-refractivity contribution is 8.06. The van der Waals surface area contributed by atoms with Crippen LogP contribution >= 0.6 is 0 Å². The molecule has 0 aromatic carbocycles. The summed E-state index contributed by atoms with van der Waals surface area (Å²) in [5.41, 5.74) is 7.92. The van der Waals surface area contributed by atoms with Crippen LogP contribution in [0.1, 0.15) is 6.42 Å². The SMILES string of the molecule is CS(=O)(=O)CS(=O)(=O)NCCCN=[N+]=[N-]. The number of rotatable bonds is 7. The van der Waals surface area contributed by atoms with Crippen molar-refractivity contribution in [1.29, 1.82) is 0 Å². The lowest BCUT2D eigenvalue weighted by atomic mass is 10.4. The Morgan fingerprint density at radius 3 is 2.40 bits per heavy atom. The van der Waals surface area contributed by atoms with Crippen molar-refractivity contribution in [2.45, 2.75) is 6.42 Å². The molecule has 0 radical (unpaired) electrons. The molecule has 8 nitrogen and oxygen atoms in total. The van der Waals surface area contributed by atoms with Crippen molar-refractivity contribution in [3.05, 3.63) is 10.4 Å². The molecule has 0 unspecified atom stereocenters. The second-order valence-corrected chi connectivity index (χ2v) is 7.17. The van der Waals surface area contributed by atoms with Crippen molar-refractivity contribution in [3.63, 3.8) is 0 Å². The fourth-order valence-corrected chi connectivity index (χ4v) is 3.79. The Kier molecular flexibility index (Phi) is 5.58. The van der Waals surface area contributed by atoms with E-state index in [1.807, 2.05) is 0 Å². The number of nitrogens with zero attached hydrogens (tertiary/aromatic N) is 3. The van der Waals surface area contributed by atoms with Crippen molar-refractivity contribution in [1.82, 2.24) is 4.72 Å². The summed E-state index contributed by atoms with van der Waals surface area (Å²) in [6, 6.07) is 0. The number of sulfonamides is 1. The van der Waals surface area contributed by atoms with Crippen molar-refractivity contribution in [2.75, 3.05) is 24.4 Å². The van der Waals surface area contributed by atoms with E-state index in [0.29, 0.717) is 6.42 Å². The van der Waals surface area contributed by atoms with E-state index in [2.05, 4.69) is 14.7 Å². The van der Waals surface area contributed by atoms with Crippen LogP contribution in [0, 0.1) is 0 Å². The summed E-state index contributed by atoms with van der Waals surface area (Å²) in [4.78, 5) is 2.48. The third kappa shape index (κ3) is 9.47. The van der Waals surface area contributed by atoms with Crippen LogP contribution in [0.3, 0.4) is 0 Å². The van der Waals surface area contributed by atoms with Crippen molar-refractivity contribution in [3.8, 4) is 0 Å². The Labute approximate surface area is 88.3 Å². The van der Waals surface area contributed by atoms with Gasteiger partial charge in [-0.05, 0) is 12.0 Å². The van der Waals surface area contributed by atoms with Crippen molar-refractivity contribution >= 4 is 19.9 Å². The lowest BCUT2D eigenvalue weighted by Gasteiger charge is -2.03. The molecule has 0 rings (SSSR count). The highest BCUT2D eigenvalue weighted by Gasteiger charge is 2.16. The van der Waals surface area contributed by atoms with Gasteiger partial charge in [-0.1, -0.05) is 5.11 Å². The lowest BCUT2D eigenvalue weighted by molar-refractivity contribution is 0.579. The molecule has 0 aliphatic heterocycles. The molecule has 10 heteroatoms. The van der Waals surface area contributed by atoms with E-state index < -0.39 is 24.9 Å². The second-order valence-electron chi connectivity index (χ2n) is 2.86. The Balaban J connectivity index is 4.01. The van der Waals surface area contributed by atoms with Crippen molar-refractivity contribution in [2.24, 2.45) is 5.11 Å². The molecule has 0 aliphatic carbocycles. The minimum absolute atomic E-state index is 0.0525. The Morgan fingerprint density at radius 1 is 1.33 bits per heavy atom. The minimum atomic E-state index is -3.80. The van der Waals surface area contributed by atoms with Crippen LogP contribution in [-0.2, 0) is 19.9 Å². The molecule has 0 aliphatic rings. The second kappa shape index (κ2) is 5.91. The monoisotopic (exact) mass is 256 g/mol. The summed E-state index contributed by atoms with van der Waals surface area (Å²) >= 11 is 0. The predicted molar refractivity (Wildman–Crippen MR) is 55.3 cm³/mol. The highest BCUT2D eigenvalue weighted by atomic mass is 32.3. The first-order valence-electron chi connectivity index (χ1n) is 3.93. The van der Waals surface area contributed by atoms with E-state index in [1.165, 1.54) is 0 Å². The Morgan fingerprint density at radius 2 is 1.93 bits per heavy atom. The van der Waals surface area contributed by atoms with Gasteiger partial charge in [-0.15, -0.1) is 0 Å². The van der Waals surface area contributed by atoms with Crippen LogP contribution in [0.5, 0.6) is 0 Å². The van der Waals surface area contributed by atoms with Crippen LogP contribution < -0.4 is 4.72 Å². The highest BCUT2D eigenvalue weighted by Crippen LogP contribution is 1.92. The topological polar surface area (TPSA) is 129 Å². The molecule has 0 saturated heterocycles. The largest absolute Gasteiger partial charge is 0.228 e. The van der Waals surface area contributed by atoms with Gasteiger partial charge in [0.25, 0.3) is 0 Å². The first kappa shape index (κ1) is 14.2. The fraction of sp³-hybridized carbons (Fsp3) is 1.00. The molecule has 0 saturated carbocycles. The maximum Gasteiger partial charge on any atom is 0.226 e. The summed E-state index contributed by atoms with van der Waals surface area (Å²) < 4.78 is 45.6. The number of azide groups is 1. The van der Waals surface area contributed by atoms with E-state index in [-0.39, 0.29) is 13.1 Å². The molecule has 0 spiro atoms. The normalized spacial score (nSPS) is 12.1. The van der Waals surface area contributed by atoms with Gasteiger partial charge in [0, 0.05) is 24.3 Å². The third-order valence-electron chi connectivity index (χ3n) is 1.19. The standard InChI is InChI=1S/C5H12N4O4S2/c1-14(10,11)5-15(12,13)8-4-2-3-7-9-6/h8H,2-5H2,1H3. The summed E-state index contributed by atoms with van der Waals surface area (Å²) in [5, 5.41) is 2.26. The summed E-state index contributed by atoms with van der Waals surface area (Å²) in [7, 11) is -7.36. The molecule has 15 heavy (non-hydrogen) atoms. The van der Waals surface area contributed by atoms with Crippen LogP contribution in [0.15, 0.2) is 5.11 Å². The summed E-state index contributed by atoms with van der Waals surface area (Å²) in [5.74, 6) is 0. The number of sulfone groups is 1. The maximum absolute atomic E-state index is 11.1. The van der Waals surface area contributed by atoms with Gasteiger partial charge < -0.3 is 0 Å². The zero-order chi connectivity index (χ0) is 11.9. The molecular weight excluding hydrogens is 244 g/mol. The Hall–Kier alpha value is -0.830. The smallest absolute Gasteiger partial charge is 0.226 e. The molecule has 0 bridgehead atoms. The molecule has 0 heterocycles. The molecule has 0 aromatic rings. The summed E-state index contributed by atoms with van der Waals surface area (Å²) in [6.45, 7) is 0.217. The lowest BCUT2D eigenvalue weighted by Crippen LogP contribution is -2.30. The van der Waals surface area contributed by atoms with Crippen molar-refractivity contribution < 1.29 is 16.8 Å². The van der Waals surface area contributed by atoms with E-state index in [4.69, 9.17) is 5.53 Å². The van der Waals surface area contributed by atoms with E-state index >= 15 is 0 Å². The first-order valence-corrected chi connectivity index (χ1v) is 7.64. The average Bonchev–Trinajstić information content (AvgIpc) is 1.99. The quantitative estimate of drug-likeness (QED) is 0.287. The van der Waals surface area contributed by atoms with Gasteiger partial charge in [-0.2, -0.15) is 0 Å². The van der Waals surface area contributed by atoms with Crippen LogP contribution in [0.4, 0.5) is 0 Å². The zero-order valence-corrected chi connectivity index (χ0v) is 9.75. The molecule has 1 N–H and O–H groups in total. The third-order valence-corrected chi connectivity index (χ3v) is 4.79. The van der Waals surface area contributed by atoms with E-state index in [1.54, 1.807) is 0 Å². The fourth-order valence-electron chi connectivity index (χ4n) is 0.746. The average molecular weight is 256 g/mol. The van der Waals surface area contributed by atoms with Gasteiger partial charge in [0.05, 0.1) is 0 Å². The predicted octanol–water partition coefficient (Wildman–Crippen LogP) is -0.392. The van der Waals surface area contributed by atoms with Gasteiger partial charge in [-0.3, -0.25) is 0 Å². The van der Waals surface area contributed by atoms with Gasteiger partial charge in [-0.25, -0.2) is 21.6 Å². The van der Waals surface area contributed by atoms with Gasteiger partial charge in [0.1, 0.15) is 0 Å².